The average molecular weight is 461 g/mol. The largest absolute Gasteiger partial charge is 0.465 e. The normalized spacial score (nSPS) is 29.7. The molecule has 3 aliphatic rings. The molecule has 2 aliphatic heterocycles. The minimum atomic E-state index is -1.59. The molecule has 2 heterocycles. The number of hydrogen-bond acceptors (Lipinski definition) is 6. The Morgan fingerprint density at radius 3 is 2.66 bits per heavy atom. The van der Waals surface area contributed by atoms with Crippen molar-refractivity contribution in [3.8, 4) is 0 Å². The number of aliphatic hydroxyl groups is 1. The number of esters is 1. The van der Waals surface area contributed by atoms with E-state index in [9.17, 15) is 19.5 Å². The van der Waals surface area contributed by atoms with Crippen LogP contribution in [0.2, 0.25) is 0 Å². The molecule has 0 radical (unpaired) electrons. The van der Waals surface area contributed by atoms with Gasteiger partial charge in [0.15, 0.2) is 5.60 Å². The van der Waals surface area contributed by atoms with Crippen LogP contribution < -0.4 is 0 Å². The summed E-state index contributed by atoms with van der Waals surface area (Å²) in [5, 5.41) is 9.57. The first-order valence-corrected chi connectivity index (χ1v) is 11.2. The zero-order chi connectivity index (χ0) is 23.8. The summed E-state index contributed by atoms with van der Waals surface area (Å²) >= 11 is 6.41. The second-order valence-electron chi connectivity index (χ2n) is 8.93. The highest BCUT2D eigenvalue weighted by Gasteiger charge is 2.64. The SMILES string of the molecule is CCC(C)/C=C(C)/C=C/C1=CC2=C(Cl)C(=O)[C@@]3(C)OC(=O)C(C(=O)CC(C)O)[C@H]3C2=CO1. The Labute approximate surface area is 193 Å². The molecule has 1 fully saturated rings. The first-order valence-electron chi connectivity index (χ1n) is 10.8. The molecule has 1 aliphatic carbocycles. The number of hydrogen-bond donors (Lipinski definition) is 1. The van der Waals surface area contributed by atoms with E-state index in [1.54, 1.807) is 12.2 Å². The van der Waals surface area contributed by atoms with E-state index in [1.165, 1.54) is 20.1 Å². The van der Waals surface area contributed by atoms with Crippen LogP contribution in [0.4, 0.5) is 0 Å². The van der Waals surface area contributed by atoms with Crippen molar-refractivity contribution in [1.82, 2.24) is 0 Å². The molecule has 1 N–H and O–H groups in total. The summed E-state index contributed by atoms with van der Waals surface area (Å²) in [4.78, 5) is 38.5. The van der Waals surface area contributed by atoms with Gasteiger partial charge in [0.2, 0.25) is 5.78 Å². The van der Waals surface area contributed by atoms with Crippen molar-refractivity contribution in [2.45, 2.75) is 59.2 Å². The van der Waals surface area contributed by atoms with Crippen LogP contribution in [0.3, 0.4) is 0 Å². The average Bonchev–Trinajstić information content (AvgIpc) is 3.01. The molecule has 172 valence electrons. The monoisotopic (exact) mass is 460 g/mol. The molecule has 0 amide bonds. The fourth-order valence-electron chi connectivity index (χ4n) is 4.34. The second-order valence-corrected chi connectivity index (χ2v) is 9.30. The zero-order valence-electron chi connectivity index (χ0n) is 19.0. The van der Waals surface area contributed by atoms with Crippen molar-refractivity contribution in [3.05, 3.63) is 58.1 Å². The van der Waals surface area contributed by atoms with Crippen molar-refractivity contribution >= 4 is 29.1 Å². The quantitative estimate of drug-likeness (QED) is 0.346. The number of carbonyl (C=O) groups is 3. The van der Waals surface area contributed by atoms with Gasteiger partial charge >= 0.3 is 5.97 Å². The number of Topliss-reactive ketones (excluding diaryl/α,β-unsaturated/α-hetero) is 2. The number of allylic oxidation sites excluding steroid dienone is 6. The van der Waals surface area contributed by atoms with Gasteiger partial charge in [-0.15, -0.1) is 0 Å². The van der Waals surface area contributed by atoms with Crippen LogP contribution in [0, 0.1) is 17.8 Å². The van der Waals surface area contributed by atoms with Gasteiger partial charge in [0.1, 0.15) is 17.5 Å². The van der Waals surface area contributed by atoms with E-state index >= 15 is 0 Å². The predicted octanol–water partition coefficient (Wildman–Crippen LogP) is 4.30. The highest BCUT2D eigenvalue weighted by atomic mass is 35.5. The van der Waals surface area contributed by atoms with E-state index in [0.29, 0.717) is 22.8 Å². The Balaban J connectivity index is 1.97. The van der Waals surface area contributed by atoms with Gasteiger partial charge in [-0.1, -0.05) is 49.6 Å². The molecule has 1 saturated heterocycles. The Morgan fingerprint density at radius 2 is 2.03 bits per heavy atom. The molecular weight excluding hydrogens is 432 g/mol. The summed E-state index contributed by atoms with van der Waals surface area (Å²) in [5.74, 6) is -2.97. The van der Waals surface area contributed by atoms with E-state index < -0.39 is 41.1 Å². The third kappa shape index (κ3) is 4.39. The Kier molecular flexibility index (Phi) is 6.96. The summed E-state index contributed by atoms with van der Waals surface area (Å²) < 4.78 is 11.2. The molecule has 3 unspecified atom stereocenters. The Hall–Kier alpha value is -2.44. The molecule has 0 aromatic carbocycles. The molecular formula is C25H29ClO6. The van der Waals surface area contributed by atoms with Crippen LogP contribution in [0.15, 0.2) is 58.1 Å². The summed E-state index contributed by atoms with van der Waals surface area (Å²) in [6, 6.07) is 0. The number of halogens is 1. The van der Waals surface area contributed by atoms with Gasteiger partial charge in [0.25, 0.3) is 0 Å². The minimum Gasteiger partial charge on any atom is -0.465 e. The fraction of sp³-hybridized carbons (Fsp3) is 0.480. The summed E-state index contributed by atoms with van der Waals surface area (Å²) in [6.07, 6.45) is 8.83. The molecule has 5 atom stereocenters. The highest BCUT2D eigenvalue weighted by molar-refractivity contribution is 6.45. The maximum absolute atomic E-state index is 13.1. The van der Waals surface area contributed by atoms with E-state index in [4.69, 9.17) is 21.1 Å². The second kappa shape index (κ2) is 9.20. The van der Waals surface area contributed by atoms with E-state index in [1.807, 2.05) is 13.0 Å². The third-order valence-electron chi connectivity index (χ3n) is 6.18. The van der Waals surface area contributed by atoms with Crippen LogP contribution >= 0.6 is 11.6 Å². The fourth-order valence-corrected chi connectivity index (χ4v) is 4.69. The maximum atomic E-state index is 13.1. The number of fused-ring (bicyclic) bond motifs is 3. The molecule has 0 spiro atoms. The highest BCUT2D eigenvalue weighted by Crippen LogP contribution is 2.52. The lowest BCUT2D eigenvalue weighted by molar-refractivity contribution is -0.156. The topological polar surface area (TPSA) is 89.9 Å². The summed E-state index contributed by atoms with van der Waals surface area (Å²) in [6.45, 7) is 9.19. The Morgan fingerprint density at radius 1 is 1.34 bits per heavy atom. The van der Waals surface area contributed by atoms with Crippen LogP contribution in [0.1, 0.15) is 47.5 Å². The maximum Gasteiger partial charge on any atom is 0.318 e. The van der Waals surface area contributed by atoms with Gasteiger partial charge in [-0.05, 0) is 38.8 Å². The van der Waals surface area contributed by atoms with Crippen LogP contribution in [0.25, 0.3) is 0 Å². The van der Waals surface area contributed by atoms with Gasteiger partial charge in [-0.3, -0.25) is 14.4 Å². The summed E-state index contributed by atoms with van der Waals surface area (Å²) in [7, 11) is 0. The van der Waals surface area contributed by atoms with Crippen molar-refractivity contribution in [1.29, 1.82) is 0 Å². The van der Waals surface area contributed by atoms with Gasteiger partial charge in [0, 0.05) is 17.6 Å². The number of carbonyl (C=O) groups excluding carboxylic acids is 3. The molecule has 7 heteroatoms. The molecule has 32 heavy (non-hydrogen) atoms. The zero-order valence-corrected chi connectivity index (χ0v) is 19.7. The number of ether oxygens (including phenoxy) is 2. The van der Waals surface area contributed by atoms with Gasteiger partial charge in [-0.25, -0.2) is 0 Å². The number of rotatable bonds is 7. The lowest BCUT2D eigenvalue weighted by Gasteiger charge is -2.36. The predicted molar refractivity (Wildman–Crippen MR) is 120 cm³/mol. The molecule has 0 bridgehead atoms. The van der Waals surface area contributed by atoms with Crippen molar-refractivity contribution in [3.63, 3.8) is 0 Å². The minimum absolute atomic E-state index is 0.0625. The van der Waals surface area contributed by atoms with E-state index in [0.717, 1.165) is 12.0 Å². The standard InChI is InChI=1S/C25H29ClO6/c1-6-13(2)9-14(3)7-8-16-11-17-18(12-31-16)21-20(19(28)10-15(4)27)24(30)32-25(21,5)23(29)22(17)26/h7-9,11-13,15,20-21,27H,6,10H2,1-5H3/b8-7+,14-9+/t13?,15?,20?,21-,25+/m1/s1. The summed E-state index contributed by atoms with van der Waals surface area (Å²) in [5.41, 5.74) is 0.366. The van der Waals surface area contributed by atoms with Crippen molar-refractivity contribution in [2.24, 2.45) is 17.8 Å². The molecule has 6 nitrogen and oxygen atoms in total. The lowest BCUT2D eigenvalue weighted by atomic mass is 9.67. The smallest absolute Gasteiger partial charge is 0.318 e. The van der Waals surface area contributed by atoms with Crippen LogP contribution in [-0.2, 0) is 23.9 Å². The van der Waals surface area contributed by atoms with Gasteiger partial charge in [0.05, 0.1) is 23.3 Å². The van der Waals surface area contributed by atoms with Crippen molar-refractivity contribution in [2.75, 3.05) is 0 Å². The third-order valence-corrected chi connectivity index (χ3v) is 6.56. The van der Waals surface area contributed by atoms with Crippen LogP contribution in [0.5, 0.6) is 0 Å². The van der Waals surface area contributed by atoms with Gasteiger partial charge < -0.3 is 14.6 Å². The molecule has 0 aromatic heterocycles. The van der Waals surface area contributed by atoms with E-state index in [2.05, 4.69) is 19.9 Å². The van der Waals surface area contributed by atoms with Crippen molar-refractivity contribution < 1.29 is 29.0 Å². The van der Waals surface area contributed by atoms with Gasteiger partial charge in [-0.2, -0.15) is 0 Å². The first kappa shape index (κ1) is 24.2. The number of ketones is 2. The first-order chi connectivity index (χ1) is 15.0. The molecule has 0 saturated carbocycles. The number of aliphatic hydroxyl groups excluding tert-OH is 1. The van der Waals surface area contributed by atoms with Crippen LogP contribution in [-0.4, -0.2) is 34.3 Å². The molecule has 3 rings (SSSR count). The Bertz CT molecular complexity index is 996. The lowest BCUT2D eigenvalue weighted by Crippen LogP contribution is -2.48. The van der Waals surface area contributed by atoms with E-state index in [-0.39, 0.29) is 11.5 Å². The molecule has 0 aromatic rings.